The number of nitrogens with one attached hydrogen (secondary N) is 1. The van der Waals surface area contributed by atoms with Gasteiger partial charge in [-0.1, -0.05) is 5.16 Å². The summed E-state index contributed by atoms with van der Waals surface area (Å²) in [6, 6.07) is 11.0. The molecule has 0 aliphatic rings. The average molecular weight is 558 g/mol. The van der Waals surface area contributed by atoms with Crippen LogP contribution in [-0.2, 0) is 17.1 Å². The first-order chi connectivity index (χ1) is 18.0. The standard InChI is InChI=1S/C26H21F2N3O5S2/c1-4-38(33,34)30-16-6-8-21(35-22-7-5-15(27)10-20(22)28)17(11-16)19-13-31(3)26(32)25-18(19)12-24(37-25)23-9-14(2)29-36-23/h5-13,30H,4H2,1-3H3. The lowest BCUT2D eigenvalue weighted by Crippen LogP contribution is -2.16. The molecule has 5 aromatic rings. The van der Waals surface area contributed by atoms with Crippen LogP contribution in [0, 0.1) is 18.6 Å². The number of aryl methyl sites for hydroxylation is 2. The second kappa shape index (κ2) is 9.69. The second-order valence-electron chi connectivity index (χ2n) is 8.54. The van der Waals surface area contributed by atoms with Gasteiger partial charge in [-0.3, -0.25) is 9.52 Å². The fraction of sp³-hybridized carbons (Fsp3) is 0.154. The number of halogens is 2. The molecule has 0 bridgehead atoms. The number of rotatable bonds is 7. The summed E-state index contributed by atoms with van der Waals surface area (Å²) in [5, 5.41) is 4.47. The van der Waals surface area contributed by atoms with Gasteiger partial charge in [0.25, 0.3) is 5.56 Å². The maximum atomic E-state index is 14.5. The van der Waals surface area contributed by atoms with Gasteiger partial charge in [0.05, 0.1) is 16.3 Å². The van der Waals surface area contributed by atoms with E-state index in [1.54, 1.807) is 38.4 Å². The molecule has 0 fully saturated rings. The van der Waals surface area contributed by atoms with Crippen LogP contribution in [0.3, 0.4) is 0 Å². The molecule has 2 aromatic carbocycles. The van der Waals surface area contributed by atoms with Gasteiger partial charge in [-0.15, -0.1) is 11.3 Å². The van der Waals surface area contributed by atoms with Crippen LogP contribution in [0.1, 0.15) is 12.6 Å². The molecule has 3 heterocycles. The van der Waals surface area contributed by atoms with Crippen LogP contribution in [0.25, 0.3) is 31.9 Å². The zero-order chi connectivity index (χ0) is 27.2. The molecule has 5 rings (SSSR count). The molecular weight excluding hydrogens is 536 g/mol. The molecule has 0 spiro atoms. The van der Waals surface area contributed by atoms with Crippen LogP contribution in [-0.4, -0.2) is 23.9 Å². The monoisotopic (exact) mass is 557 g/mol. The third kappa shape index (κ3) is 4.92. The molecule has 196 valence electrons. The number of ether oxygens (including phenoxy) is 1. The minimum Gasteiger partial charge on any atom is -0.454 e. The van der Waals surface area contributed by atoms with Crippen molar-refractivity contribution in [3.8, 4) is 33.3 Å². The Labute approximate surface area is 220 Å². The lowest BCUT2D eigenvalue weighted by atomic mass is 10.0. The van der Waals surface area contributed by atoms with E-state index in [0.717, 1.165) is 12.1 Å². The molecule has 0 aliphatic carbocycles. The number of hydrogen-bond donors (Lipinski definition) is 1. The smallest absolute Gasteiger partial charge is 0.268 e. The summed E-state index contributed by atoms with van der Waals surface area (Å²) in [5.41, 5.74) is 1.58. The summed E-state index contributed by atoms with van der Waals surface area (Å²) in [4.78, 5) is 13.7. The maximum absolute atomic E-state index is 14.5. The van der Waals surface area contributed by atoms with Crippen molar-refractivity contribution < 1.29 is 26.5 Å². The Morgan fingerprint density at radius 1 is 1.08 bits per heavy atom. The largest absolute Gasteiger partial charge is 0.454 e. The van der Waals surface area contributed by atoms with Gasteiger partial charge in [0, 0.05) is 47.6 Å². The SMILES string of the molecule is CCS(=O)(=O)Nc1ccc(Oc2ccc(F)cc2F)c(-c2cn(C)c(=O)c3sc(-c4cc(C)no4)cc23)c1. The van der Waals surface area contributed by atoms with Crippen molar-refractivity contribution in [2.45, 2.75) is 13.8 Å². The lowest BCUT2D eigenvalue weighted by Gasteiger charge is -2.16. The van der Waals surface area contributed by atoms with E-state index < -0.39 is 21.7 Å². The number of thiophene rings is 1. The fourth-order valence-electron chi connectivity index (χ4n) is 3.87. The summed E-state index contributed by atoms with van der Waals surface area (Å²) >= 11 is 1.22. The molecule has 3 aromatic heterocycles. The molecule has 8 nitrogen and oxygen atoms in total. The van der Waals surface area contributed by atoms with E-state index in [9.17, 15) is 22.0 Å². The Hall–Kier alpha value is -4.03. The van der Waals surface area contributed by atoms with Gasteiger partial charge in [0.15, 0.2) is 17.3 Å². The van der Waals surface area contributed by atoms with Gasteiger partial charge in [0.2, 0.25) is 10.0 Å². The molecule has 12 heteroatoms. The van der Waals surface area contributed by atoms with Crippen molar-refractivity contribution in [2.75, 3.05) is 10.5 Å². The van der Waals surface area contributed by atoms with Crippen LogP contribution < -0.4 is 15.0 Å². The minimum absolute atomic E-state index is 0.143. The summed E-state index contributed by atoms with van der Waals surface area (Å²) in [6.07, 6.45) is 1.59. The summed E-state index contributed by atoms with van der Waals surface area (Å²) < 4.78 is 68.0. The molecule has 0 unspecified atom stereocenters. The highest BCUT2D eigenvalue weighted by Crippen LogP contribution is 2.42. The first-order valence-corrected chi connectivity index (χ1v) is 13.9. The minimum atomic E-state index is -3.61. The molecule has 0 radical (unpaired) electrons. The molecule has 0 amide bonds. The number of sulfonamides is 1. The van der Waals surface area contributed by atoms with Gasteiger partial charge < -0.3 is 13.8 Å². The molecule has 0 saturated heterocycles. The van der Waals surface area contributed by atoms with Crippen LogP contribution in [0.15, 0.2) is 64.0 Å². The van der Waals surface area contributed by atoms with Crippen LogP contribution in [0.5, 0.6) is 11.5 Å². The van der Waals surface area contributed by atoms with E-state index in [4.69, 9.17) is 9.26 Å². The van der Waals surface area contributed by atoms with Gasteiger partial charge >= 0.3 is 0 Å². The zero-order valence-electron chi connectivity index (χ0n) is 20.4. The number of hydrogen-bond acceptors (Lipinski definition) is 7. The number of fused-ring (bicyclic) bond motifs is 1. The third-order valence-corrected chi connectivity index (χ3v) is 8.21. The molecule has 1 N–H and O–H groups in total. The molecule has 0 aliphatic heterocycles. The van der Waals surface area contributed by atoms with Crippen molar-refractivity contribution in [2.24, 2.45) is 7.05 Å². The van der Waals surface area contributed by atoms with Crippen molar-refractivity contribution in [1.82, 2.24) is 9.72 Å². The topological polar surface area (TPSA) is 103 Å². The van der Waals surface area contributed by atoms with E-state index in [2.05, 4.69) is 9.88 Å². The van der Waals surface area contributed by atoms with E-state index in [1.165, 1.54) is 35.0 Å². The predicted octanol–water partition coefficient (Wildman–Crippen LogP) is 6.06. The third-order valence-electron chi connectivity index (χ3n) is 5.77. The molecule has 0 saturated carbocycles. The van der Waals surface area contributed by atoms with E-state index in [1.807, 2.05) is 0 Å². The first kappa shape index (κ1) is 25.6. The normalized spacial score (nSPS) is 11.7. The Morgan fingerprint density at radius 2 is 1.84 bits per heavy atom. The van der Waals surface area contributed by atoms with Crippen molar-refractivity contribution in [3.63, 3.8) is 0 Å². The van der Waals surface area contributed by atoms with Crippen molar-refractivity contribution in [1.29, 1.82) is 0 Å². The Kier molecular flexibility index (Phi) is 6.53. The van der Waals surface area contributed by atoms with Gasteiger partial charge in [-0.2, -0.15) is 0 Å². The Balaban J connectivity index is 1.74. The first-order valence-electron chi connectivity index (χ1n) is 11.4. The van der Waals surface area contributed by atoms with Crippen LogP contribution >= 0.6 is 11.3 Å². The number of anilines is 1. The fourth-order valence-corrected chi connectivity index (χ4v) is 5.60. The zero-order valence-corrected chi connectivity index (χ0v) is 22.0. The van der Waals surface area contributed by atoms with Gasteiger partial charge in [-0.05, 0) is 50.2 Å². The van der Waals surface area contributed by atoms with E-state index in [0.29, 0.717) is 43.6 Å². The highest BCUT2D eigenvalue weighted by Gasteiger charge is 2.20. The quantitative estimate of drug-likeness (QED) is 0.261. The van der Waals surface area contributed by atoms with Crippen LogP contribution in [0.2, 0.25) is 0 Å². The number of aromatic nitrogens is 2. The van der Waals surface area contributed by atoms with Crippen molar-refractivity contribution in [3.05, 3.63) is 82.4 Å². The second-order valence-corrected chi connectivity index (χ2v) is 11.6. The predicted molar refractivity (Wildman–Crippen MR) is 142 cm³/mol. The molecular formula is C26H21F2N3O5S2. The average Bonchev–Trinajstić information content (AvgIpc) is 3.51. The highest BCUT2D eigenvalue weighted by molar-refractivity contribution is 7.92. The maximum Gasteiger partial charge on any atom is 0.268 e. The number of benzene rings is 2. The highest BCUT2D eigenvalue weighted by atomic mass is 32.2. The Bertz CT molecular complexity index is 1860. The van der Waals surface area contributed by atoms with Gasteiger partial charge in [0.1, 0.15) is 16.3 Å². The molecule has 0 atom stereocenters. The van der Waals surface area contributed by atoms with Crippen molar-refractivity contribution >= 4 is 37.1 Å². The Morgan fingerprint density at radius 3 is 2.53 bits per heavy atom. The number of nitrogens with zero attached hydrogens (tertiary/aromatic N) is 2. The van der Waals surface area contributed by atoms with E-state index >= 15 is 0 Å². The molecule has 38 heavy (non-hydrogen) atoms. The lowest BCUT2D eigenvalue weighted by molar-refractivity contribution is 0.428. The van der Waals surface area contributed by atoms with E-state index in [-0.39, 0.29) is 28.5 Å². The summed E-state index contributed by atoms with van der Waals surface area (Å²) in [7, 11) is -2.02. The number of pyridine rings is 1. The van der Waals surface area contributed by atoms with Crippen LogP contribution in [0.4, 0.5) is 14.5 Å². The summed E-state index contributed by atoms with van der Waals surface area (Å²) in [6.45, 7) is 3.29. The summed E-state index contributed by atoms with van der Waals surface area (Å²) in [5.74, 6) is -1.37. The van der Waals surface area contributed by atoms with Gasteiger partial charge in [-0.25, -0.2) is 17.2 Å².